The van der Waals surface area contributed by atoms with Gasteiger partial charge in [0, 0.05) is 0 Å². The molecule has 0 unspecified atom stereocenters. The zero-order valence-corrected chi connectivity index (χ0v) is 12.6. The summed E-state index contributed by atoms with van der Waals surface area (Å²) < 4.78 is 15.9. The minimum atomic E-state index is -0.243. The second kappa shape index (κ2) is 6.35. The third-order valence-electron chi connectivity index (χ3n) is 3.19. The molecule has 0 aliphatic carbocycles. The summed E-state index contributed by atoms with van der Waals surface area (Å²) in [5.74, 6) is 2.37. The predicted molar refractivity (Wildman–Crippen MR) is 78.9 cm³/mol. The molecule has 1 aromatic carbocycles. The number of carbonyl (C=O) groups excluding carboxylic acids is 1. The van der Waals surface area contributed by atoms with Gasteiger partial charge in [-0.1, -0.05) is 0 Å². The minimum absolute atomic E-state index is 0.234. The molecular formula is C16H19NO4. The fraction of sp³-hybridized carbons (Fsp3) is 0.312. The molecule has 0 aliphatic heterocycles. The quantitative estimate of drug-likeness (QED) is 0.918. The number of furan rings is 1. The Labute approximate surface area is 123 Å². The Kier molecular flexibility index (Phi) is 4.52. The van der Waals surface area contributed by atoms with Gasteiger partial charge in [0.05, 0.1) is 25.8 Å². The van der Waals surface area contributed by atoms with Gasteiger partial charge in [-0.25, -0.2) is 0 Å². The van der Waals surface area contributed by atoms with Crippen molar-refractivity contribution in [1.29, 1.82) is 0 Å². The third kappa shape index (κ3) is 3.37. The molecule has 1 heterocycles. The molecule has 0 bridgehead atoms. The van der Waals surface area contributed by atoms with Crippen molar-refractivity contribution in [2.75, 3.05) is 14.2 Å². The highest BCUT2D eigenvalue weighted by Crippen LogP contribution is 2.25. The van der Waals surface area contributed by atoms with Gasteiger partial charge < -0.3 is 19.2 Å². The Morgan fingerprint density at radius 1 is 1.19 bits per heavy atom. The van der Waals surface area contributed by atoms with E-state index >= 15 is 0 Å². The molecule has 1 amide bonds. The molecule has 2 rings (SSSR count). The van der Waals surface area contributed by atoms with Gasteiger partial charge in [-0.05, 0) is 44.2 Å². The van der Waals surface area contributed by atoms with Crippen LogP contribution in [0.4, 0.5) is 0 Å². The average Bonchev–Trinajstić information content (AvgIpc) is 2.93. The molecule has 1 aromatic heterocycles. The van der Waals surface area contributed by atoms with Gasteiger partial charge >= 0.3 is 0 Å². The summed E-state index contributed by atoms with van der Waals surface area (Å²) in [7, 11) is 3.08. The Balaban J connectivity index is 2.19. The first kappa shape index (κ1) is 15.0. The summed E-state index contributed by atoms with van der Waals surface area (Å²) in [5.41, 5.74) is 0.423. The second-order valence-electron chi connectivity index (χ2n) is 4.71. The second-order valence-corrected chi connectivity index (χ2v) is 4.71. The molecule has 2 aromatic rings. The lowest BCUT2D eigenvalue weighted by molar-refractivity contribution is 0.0931. The molecule has 1 atom stereocenters. The smallest absolute Gasteiger partial charge is 0.255 e. The number of amides is 1. The first-order valence-electron chi connectivity index (χ1n) is 6.64. The van der Waals surface area contributed by atoms with Crippen LogP contribution in [0.25, 0.3) is 0 Å². The van der Waals surface area contributed by atoms with E-state index in [1.54, 1.807) is 25.3 Å². The Morgan fingerprint density at radius 2 is 1.95 bits per heavy atom. The number of hydrogen-bond acceptors (Lipinski definition) is 4. The van der Waals surface area contributed by atoms with E-state index < -0.39 is 0 Å². The van der Waals surface area contributed by atoms with Crippen LogP contribution in [-0.2, 0) is 0 Å². The monoisotopic (exact) mass is 289 g/mol. The van der Waals surface area contributed by atoms with E-state index in [9.17, 15) is 4.79 Å². The van der Waals surface area contributed by atoms with Crippen LogP contribution in [0, 0.1) is 6.92 Å². The van der Waals surface area contributed by atoms with Crippen molar-refractivity contribution >= 4 is 5.91 Å². The van der Waals surface area contributed by atoms with Gasteiger partial charge in [-0.2, -0.15) is 0 Å². The first-order valence-corrected chi connectivity index (χ1v) is 6.64. The first-order chi connectivity index (χ1) is 10.0. The van der Waals surface area contributed by atoms with Crippen molar-refractivity contribution in [3.05, 3.63) is 47.4 Å². The van der Waals surface area contributed by atoms with Crippen LogP contribution in [0.2, 0.25) is 0 Å². The van der Waals surface area contributed by atoms with Crippen LogP contribution in [0.5, 0.6) is 11.5 Å². The minimum Gasteiger partial charge on any atom is -0.497 e. The fourth-order valence-electron chi connectivity index (χ4n) is 2.02. The van der Waals surface area contributed by atoms with Crippen LogP contribution in [0.3, 0.4) is 0 Å². The molecule has 0 spiro atoms. The number of hydrogen-bond donors (Lipinski definition) is 1. The van der Waals surface area contributed by atoms with E-state index in [1.807, 2.05) is 26.0 Å². The van der Waals surface area contributed by atoms with E-state index in [4.69, 9.17) is 13.9 Å². The lowest BCUT2D eigenvalue weighted by atomic mass is 10.1. The summed E-state index contributed by atoms with van der Waals surface area (Å²) in [4.78, 5) is 12.4. The van der Waals surface area contributed by atoms with Gasteiger partial charge in [0.1, 0.15) is 23.0 Å². The molecule has 1 N–H and O–H groups in total. The number of methoxy groups -OCH3 is 2. The molecule has 0 fully saturated rings. The zero-order valence-electron chi connectivity index (χ0n) is 12.6. The number of benzene rings is 1. The molecule has 0 saturated carbocycles. The number of aryl methyl sites for hydroxylation is 1. The van der Waals surface area contributed by atoms with E-state index in [-0.39, 0.29) is 11.9 Å². The molecule has 5 heteroatoms. The van der Waals surface area contributed by atoms with Gasteiger partial charge in [0.2, 0.25) is 0 Å². The number of carbonyl (C=O) groups is 1. The van der Waals surface area contributed by atoms with E-state index in [1.165, 1.54) is 7.11 Å². The normalized spacial score (nSPS) is 11.8. The van der Waals surface area contributed by atoms with Crippen LogP contribution >= 0.6 is 0 Å². The maximum Gasteiger partial charge on any atom is 0.255 e. The van der Waals surface area contributed by atoms with Crippen LogP contribution in [0.1, 0.15) is 34.8 Å². The summed E-state index contributed by atoms with van der Waals surface area (Å²) in [5, 5.41) is 2.88. The van der Waals surface area contributed by atoms with Crippen molar-refractivity contribution in [3.8, 4) is 11.5 Å². The molecule has 0 aliphatic rings. The highest BCUT2D eigenvalue weighted by atomic mass is 16.5. The number of ether oxygens (including phenoxy) is 2. The van der Waals surface area contributed by atoms with Crippen molar-refractivity contribution < 1.29 is 18.7 Å². The Hall–Kier alpha value is -2.43. The fourth-order valence-corrected chi connectivity index (χ4v) is 2.02. The Morgan fingerprint density at radius 3 is 2.52 bits per heavy atom. The predicted octanol–water partition coefficient (Wildman–Crippen LogP) is 3.10. The van der Waals surface area contributed by atoms with Crippen molar-refractivity contribution in [2.24, 2.45) is 0 Å². The maximum absolute atomic E-state index is 12.4. The maximum atomic E-state index is 12.4. The highest BCUT2D eigenvalue weighted by Gasteiger charge is 2.18. The molecular weight excluding hydrogens is 270 g/mol. The highest BCUT2D eigenvalue weighted by molar-refractivity contribution is 5.97. The summed E-state index contributed by atoms with van der Waals surface area (Å²) in [6.07, 6.45) is 0. The van der Waals surface area contributed by atoms with Gasteiger partial charge in [-0.15, -0.1) is 0 Å². The standard InChI is InChI=1S/C16H19NO4/c1-10-5-7-14(21-10)11(2)17-16(18)13-9-12(19-3)6-8-15(13)20-4/h5-9,11H,1-4H3,(H,17,18)/t11-/m0/s1. The third-order valence-corrected chi connectivity index (χ3v) is 3.19. The molecule has 21 heavy (non-hydrogen) atoms. The zero-order chi connectivity index (χ0) is 15.4. The summed E-state index contributed by atoms with van der Waals surface area (Å²) in [6, 6.07) is 8.58. The topological polar surface area (TPSA) is 60.7 Å². The molecule has 0 radical (unpaired) electrons. The number of nitrogens with one attached hydrogen (secondary N) is 1. The van der Waals surface area contributed by atoms with Crippen LogP contribution < -0.4 is 14.8 Å². The summed E-state index contributed by atoms with van der Waals surface area (Å²) in [6.45, 7) is 3.73. The van der Waals surface area contributed by atoms with Crippen LogP contribution in [-0.4, -0.2) is 20.1 Å². The van der Waals surface area contributed by atoms with E-state index in [0.29, 0.717) is 22.8 Å². The number of rotatable bonds is 5. The van der Waals surface area contributed by atoms with E-state index in [0.717, 1.165) is 5.76 Å². The van der Waals surface area contributed by atoms with Crippen molar-refractivity contribution in [1.82, 2.24) is 5.32 Å². The van der Waals surface area contributed by atoms with Gasteiger partial charge in [-0.3, -0.25) is 4.79 Å². The van der Waals surface area contributed by atoms with Crippen LogP contribution in [0.15, 0.2) is 34.7 Å². The van der Waals surface area contributed by atoms with Gasteiger partial charge in [0.15, 0.2) is 0 Å². The van der Waals surface area contributed by atoms with Gasteiger partial charge in [0.25, 0.3) is 5.91 Å². The molecule has 0 saturated heterocycles. The largest absolute Gasteiger partial charge is 0.497 e. The van der Waals surface area contributed by atoms with E-state index in [2.05, 4.69) is 5.32 Å². The molecule has 5 nitrogen and oxygen atoms in total. The van der Waals surface area contributed by atoms with Crippen molar-refractivity contribution in [3.63, 3.8) is 0 Å². The lowest BCUT2D eigenvalue weighted by Crippen LogP contribution is -2.26. The SMILES string of the molecule is COc1ccc(OC)c(C(=O)N[C@@H](C)c2ccc(C)o2)c1. The lowest BCUT2D eigenvalue weighted by Gasteiger charge is -2.14. The van der Waals surface area contributed by atoms with Crippen molar-refractivity contribution in [2.45, 2.75) is 19.9 Å². The Bertz CT molecular complexity index is 633. The average molecular weight is 289 g/mol. The molecule has 112 valence electrons. The summed E-state index contributed by atoms with van der Waals surface area (Å²) >= 11 is 0.